The molecular formula is C31H48N6O2. The monoisotopic (exact) mass is 536 g/mol. The number of piperidine rings is 1. The largest absolute Gasteiger partial charge is 0.497 e. The van der Waals surface area contributed by atoms with Crippen LogP contribution in [0.5, 0.6) is 5.75 Å². The second-order valence-electron chi connectivity index (χ2n) is 10.5. The van der Waals surface area contributed by atoms with Gasteiger partial charge in [-0.15, -0.1) is 0 Å². The standard InChI is InChI=1S/C30H44N6O2.CH4/c1-6-22(3)36(23(4)7-2)29(37)27-17-16-26-28(32-27)35(21-11-20-34-18-9-8-10-19-34)30(33-26)31-24-12-14-25(38-5)15-13-24;/h12-17,22-23H,6-11,18-21H2,1-5H3,(H,31,33);1H4. The summed E-state index contributed by atoms with van der Waals surface area (Å²) < 4.78 is 7.44. The van der Waals surface area contributed by atoms with E-state index in [0.717, 1.165) is 60.9 Å². The van der Waals surface area contributed by atoms with Crippen molar-refractivity contribution in [2.45, 2.75) is 92.3 Å². The predicted molar refractivity (Wildman–Crippen MR) is 161 cm³/mol. The molecule has 0 aliphatic carbocycles. The molecule has 8 nitrogen and oxygen atoms in total. The average molecular weight is 537 g/mol. The number of pyridine rings is 1. The van der Waals surface area contributed by atoms with Crippen molar-refractivity contribution in [3.05, 3.63) is 42.1 Å². The van der Waals surface area contributed by atoms with Gasteiger partial charge in [0.15, 0.2) is 5.65 Å². The quantitative estimate of drug-likeness (QED) is 0.276. The van der Waals surface area contributed by atoms with Gasteiger partial charge in [0.25, 0.3) is 5.91 Å². The Kier molecular flexibility index (Phi) is 11.2. The normalized spacial score (nSPS) is 15.4. The van der Waals surface area contributed by atoms with Crippen LogP contribution in [0.25, 0.3) is 11.2 Å². The number of benzene rings is 1. The van der Waals surface area contributed by atoms with Gasteiger partial charge in [0.2, 0.25) is 5.95 Å². The predicted octanol–water partition coefficient (Wildman–Crippen LogP) is 6.73. The van der Waals surface area contributed by atoms with E-state index in [1.54, 1.807) is 7.11 Å². The van der Waals surface area contributed by atoms with Gasteiger partial charge in [0, 0.05) is 24.3 Å². The average Bonchev–Trinajstić information content (AvgIpc) is 3.29. The number of hydrogen-bond acceptors (Lipinski definition) is 6. The Morgan fingerprint density at radius 1 is 0.974 bits per heavy atom. The summed E-state index contributed by atoms with van der Waals surface area (Å²) in [6.07, 6.45) is 6.71. The second kappa shape index (κ2) is 14.3. The molecule has 8 heteroatoms. The van der Waals surface area contributed by atoms with Crippen LogP contribution in [0.1, 0.15) is 84.1 Å². The molecular weight excluding hydrogens is 488 g/mol. The van der Waals surface area contributed by atoms with Crippen molar-refractivity contribution in [1.82, 2.24) is 24.3 Å². The summed E-state index contributed by atoms with van der Waals surface area (Å²) in [7, 11) is 1.67. The van der Waals surface area contributed by atoms with Crippen LogP contribution in [0.2, 0.25) is 0 Å². The van der Waals surface area contributed by atoms with E-state index in [1.807, 2.05) is 41.3 Å². The Hall–Kier alpha value is -3.13. The van der Waals surface area contributed by atoms with Crippen LogP contribution in [0.15, 0.2) is 36.4 Å². The van der Waals surface area contributed by atoms with Crippen LogP contribution in [-0.4, -0.2) is 69.1 Å². The molecule has 4 rings (SSSR count). The highest BCUT2D eigenvalue weighted by molar-refractivity contribution is 5.94. The zero-order valence-electron chi connectivity index (χ0n) is 23.7. The molecule has 3 aromatic rings. The maximum absolute atomic E-state index is 13.7. The Labute approximate surface area is 234 Å². The number of aromatic nitrogens is 3. The van der Waals surface area contributed by atoms with Crippen LogP contribution in [0.4, 0.5) is 11.6 Å². The molecule has 2 unspecified atom stereocenters. The van der Waals surface area contributed by atoms with Crippen LogP contribution >= 0.6 is 0 Å². The number of likely N-dealkylation sites (tertiary alicyclic amines) is 1. The fourth-order valence-corrected chi connectivity index (χ4v) is 5.23. The van der Waals surface area contributed by atoms with Gasteiger partial charge in [0.1, 0.15) is 17.0 Å². The number of imidazole rings is 1. The Morgan fingerprint density at radius 2 is 1.64 bits per heavy atom. The maximum Gasteiger partial charge on any atom is 0.273 e. The number of hydrogen-bond donors (Lipinski definition) is 1. The van der Waals surface area contributed by atoms with Gasteiger partial charge >= 0.3 is 0 Å². The van der Waals surface area contributed by atoms with Crippen molar-refractivity contribution in [1.29, 1.82) is 0 Å². The van der Waals surface area contributed by atoms with Crippen molar-refractivity contribution < 1.29 is 9.53 Å². The van der Waals surface area contributed by atoms with Crippen LogP contribution in [0.3, 0.4) is 0 Å². The second-order valence-corrected chi connectivity index (χ2v) is 10.5. The Morgan fingerprint density at radius 3 is 2.26 bits per heavy atom. The Balaban J connectivity index is 0.00000420. The number of amides is 1. The fraction of sp³-hybridized carbons (Fsp3) is 0.581. The topological polar surface area (TPSA) is 75.5 Å². The first kappa shape index (κ1) is 30.4. The smallest absolute Gasteiger partial charge is 0.273 e. The summed E-state index contributed by atoms with van der Waals surface area (Å²) in [5.74, 6) is 1.53. The molecule has 1 aromatic carbocycles. The first-order chi connectivity index (χ1) is 18.4. The van der Waals surface area contributed by atoms with E-state index in [-0.39, 0.29) is 25.4 Å². The molecule has 0 saturated carbocycles. The lowest BCUT2D eigenvalue weighted by molar-refractivity contribution is 0.0592. The van der Waals surface area contributed by atoms with E-state index in [4.69, 9.17) is 14.7 Å². The van der Waals surface area contributed by atoms with Gasteiger partial charge in [-0.3, -0.25) is 9.36 Å². The minimum absolute atomic E-state index is 0. The number of nitrogens with one attached hydrogen (secondary N) is 1. The number of nitrogens with zero attached hydrogens (tertiary/aromatic N) is 5. The minimum atomic E-state index is -0.0127. The molecule has 3 heterocycles. The number of carbonyl (C=O) groups is 1. The highest BCUT2D eigenvalue weighted by Gasteiger charge is 2.26. The summed E-state index contributed by atoms with van der Waals surface area (Å²) in [5.41, 5.74) is 2.94. The summed E-state index contributed by atoms with van der Waals surface area (Å²) >= 11 is 0. The molecule has 2 aromatic heterocycles. The highest BCUT2D eigenvalue weighted by atomic mass is 16.5. The number of rotatable bonds is 12. The lowest BCUT2D eigenvalue weighted by Gasteiger charge is -2.33. The van der Waals surface area contributed by atoms with Crippen LogP contribution < -0.4 is 10.1 Å². The van der Waals surface area contributed by atoms with E-state index >= 15 is 0 Å². The molecule has 1 amide bonds. The van der Waals surface area contributed by atoms with Gasteiger partial charge in [0.05, 0.1) is 7.11 Å². The summed E-state index contributed by atoms with van der Waals surface area (Å²) in [4.78, 5) is 28.0. The molecule has 214 valence electrons. The van der Waals surface area contributed by atoms with Crippen LogP contribution in [-0.2, 0) is 6.54 Å². The molecule has 1 N–H and O–H groups in total. The van der Waals surface area contributed by atoms with Gasteiger partial charge in [-0.1, -0.05) is 27.7 Å². The number of methoxy groups -OCH3 is 1. The van der Waals surface area contributed by atoms with Crippen molar-refractivity contribution >= 4 is 28.7 Å². The minimum Gasteiger partial charge on any atom is -0.497 e. The molecule has 0 spiro atoms. The van der Waals surface area contributed by atoms with Crippen molar-refractivity contribution in [2.24, 2.45) is 0 Å². The summed E-state index contributed by atoms with van der Waals surface area (Å²) in [5, 5.41) is 3.48. The molecule has 1 saturated heterocycles. The van der Waals surface area contributed by atoms with E-state index in [9.17, 15) is 4.79 Å². The zero-order chi connectivity index (χ0) is 27.1. The van der Waals surface area contributed by atoms with E-state index in [2.05, 4.69) is 42.5 Å². The van der Waals surface area contributed by atoms with E-state index in [0.29, 0.717) is 5.69 Å². The van der Waals surface area contributed by atoms with Gasteiger partial charge < -0.3 is 19.9 Å². The first-order valence-electron chi connectivity index (χ1n) is 14.3. The van der Waals surface area contributed by atoms with Crippen molar-refractivity contribution in [3.8, 4) is 5.75 Å². The first-order valence-corrected chi connectivity index (χ1v) is 14.3. The highest BCUT2D eigenvalue weighted by Crippen LogP contribution is 2.25. The lowest BCUT2D eigenvalue weighted by Crippen LogP contribution is -2.44. The summed E-state index contributed by atoms with van der Waals surface area (Å²) in [6, 6.07) is 11.9. The van der Waals surface area contributed by atoms with Crippen molar-refractivity contribution in [3.63, 3.8) is 0 Å². The number of carbonyl (C=O) groups excluding carboxylic acids is 1. The summed E-state index contributed by atoms with van der Waals surface area (Å²) in [6.45, 7) is 12.7. The van der Waals surface area contributed by atoms with E-state index in [1.165, 1.54) is 32.4 Å². The van der Waals surface area contributed by atoms with Crippen molar-refractivity contribution in [2.75, 3.05) is 32.1 Å². The molecule has 1 aliphatic rings. The number of anilines is 2. The SMILES string of the molecule is C.CCC(C)N(C(=O)c1ccc2nc(Nc3ccc(OC)cc3)n(CCCN3CCCCC3)c2n1)C(C)CC. The lowest BCUT2D eigenvalue weighted by atomic mass is 10.1. The third-order valence-electron chi connectivity index (χ3n) is 7.83. The number of fused-ring (bicyclic) bond motifs is 1. The number of aryl methyl sites for hydroxylation is 1. The number of ether oxygens (including phenoxy) is 1. The molecule has 2 atom stereocenters. The molecule has 0 radical (unpaired) electrons. The van der Waals surface area contributed by atoms with Gasteiger partial charge in [-0.2, -0.15) is 0 Å². The molecule has 1 fully saturated rings. The van der Waals surface area contributed by atoms with Gasteiger partial charge in [-0.25, -0.2) is 9.97 Å². The van der Waals surface area contributed by atoms with Gasteiger partial charge in [-0.05, 0) is 102 Å². The molecule has 39 heavy (non-hydrogen) atoms. The zero-order valence-corrected chi connectivity index (χ0v) is 23.7. The molecule has 1 aliphatic heterocycles. The molecule has 0 bridgehead atoms. The maximum atomic E-state index is 13.7. The van der Waals surface area contributed by atoms with E-state index < -0.39 is 0 Å². The fourth-order valence-electron chi connectivity index (χ4n) is 5.23. The third kappa shape index (κ3) is 7.29. The third-order valence-corrected chi connectivity index (χ3v) is 7.83. The Bertz CT molecular complexity index is 1180. The van der Waals surface area contributed by atoms with Crippen LogP contribution in [0, 0.1) is 0 Å².